The first-order valence-corrected chi connectivity index (χ1v) is 8.63. The molecule has 1 heterocycles. The highest BCUT2D eigenvalue weighted by Gasteiger charge is 2.33. The van der Waals surface area contributed by atoms with Gasteiger partial charge in [-0.05, 0) is 55.7 Å². The van der Waals surface area contributed by atoms with E-state index in [0.717, 1.165) is 0 Å². The van der Waals surface area contributed by atoms with E-state index in [2.05, 4.69) is 32.9 Å². The van der Waals surface area contributed by atoms with Gasteiger partial charge in [0.15, 0.2) is 0 Å². The Labute approximate surface area is 124 Å². The summed E-state index contributed by atoms with van der Waals surface area (Å²) in [5.41, 5.74) is 4.63. The summed E-state index contributed by atoms with van der Waals surface area (Å²) in [6.07, 6.45) is 16.1. The van der Waals surface area contributed by atoms with Crippen LogP contribution < -0.4 is 0 Å². The van der Waals surface area contributed by atoms with Crippen LogP contribution in [0.1, 0.15) is 78.6 Å². The smallest absolute Gasteiger partial charge is 0.127 e. The largest absolute Gasteiger partial charge is 0.485 e. The minimum absolute atomic E-state index is 0.369. The quantitative estimate of drug-likeness (QED) is 0.495. The second-order valence-corrected chi connectivity index (χ2v) is 6.08. The van der Waals surface area contributed by atoms with Gasteiger partial charge < -0.3 is 4.74 Å². The lowest BCUT2D eigenvalue weighted by molar-refractivity contribution is 0.159. The van der Waals surface area contributed by atoms with Crippen LogP contribution in [0.4, 0.5) is 0 Å². The Morgan fingerprint density at radius 3 is 2.30 bits per heavy atom. The molecule has 1 aliphatic carbocycles. The normalized spacial score (nSPS) is 20.9. The molecule has 1 nitrogen and oxygen atoms in total. The molecule has 1 atom stereocenters. The molecule has 1 unspecified atom stereocenters. The van der Waals surface area contributed by atoms with E-state index >= 15 is 0 Å². The maximum absolute atomic E-state index is 6.24. The molecular weight excluding hydrogens is 244 g/mol. The van der Waals surface area contributed by atoms with Crippen LogP contribution in [0.15, 0.2) is 34.6 Å². The molecule has 0 radical (unpaired) electrons. The highest BCUT2D eigenvalue weighted by Crippen LogP contribution is 2.43. The van der Waals surface area contributed by atoms with E-state index in [4.69, 9.17) is 4.74 Å². The fourth-order valence-corrected chi connectivity index (χ4v) is 3.20. The van der Waals surface area contributed by atoms with Crippen molar-refractivity contribution in [1.29, 1.82) is 0 Å². The van der Waals surface area contributed by atoms with Crippen molar-refractivity contribution in [2.24, 2.45) is 0 Å². The van der Waals surface area contributed by atoms with E-state index in [1.54, 1.807) is 5.57 Å². The molecule has 0 saturated carbocycles. The molecule has 0 spiro atoms. The van der Waals surface area contributed by atoms with Gasteiger partial charge in [0.1, 0.15) is 11.9 Å². The van der Waals surface area contributed by atoms with E-state index in [0.29, 0.717) is 6.10 Å². The van der Waals surface area contributed by atoms with Crippen LogP contribution in [0.3, 0.4) is 0 Å². The van der Waals surface area contributed by atoms with Crippen LogP contribution in [0.5, 0.6) is 0 Å². The van der Waals surface area contributed by atoms with E-state index in [1.807, 2.05) is 0 Å². The third-order valence-electron chi connectivity index (χ3n) is 4.40. The fraction of sp³-hybridized carbons (Fsp3) is 0.684. The Morgan fingerprint density at radius 1 is 0.900 bits per heavy atom. The maximum Gasteiger partial charge on any atom is 0.127 e. The first-order chi connectivity index (χ1) is 9.81. The SMILES string of the molecule is CCCCC1=CC=C2OC(CCCC)C(CCCC)=C12. The van der Waals surface area contributed by atoms with Gasteiger partial charge >= 0.3 is 0 Å². The summed E-state index contributed by atoms with van der Waals surface area (Å²) in [6, 6.07) is 0. The molecule has 0 aromatic rings. The van der Waals surface area contributed by atoms with Crippen LogP contribution in [0.2, 0.25) is 0 Å². The van der Waals surface area contributed by atoms with Crippen LogP contribution in [-0.4, -0.2) is 6.10 Å². The molecule has 2 rings (SSSR count). The summed E-state index contributed by atoms with van der Waals surface area (Å²) in [4.78, 5) is 0. The molecule has 0 aromatic carbocycles. The molecule has 1 heteroatoms. The minimum atomic E-state index is 0.369. The molecule has 112 valence electrons. The Hall–Kier alpha value is -0.980. The van der Waals surface area contributed by atoms with Crippen molar-refractivity contribution in [2.75, 3.05) is 0 Å². The van der Waals surface area contributed by atoms with Crippen LogP contribution in [-0.2, 0) is 4.74 Å². The van der Waals surface area contributed by atoms with E-state index < -0.39 is 0 Å². The molecule has 2 aliphatic rings. The summed E-state index contributed by atoms with van der Waals surface area (Å²) in [5, 5.41) is 0. The zero-order valence-corrected chi connectivity index (χ0v) is 13.5. The lowest BCUT2D eigenvalue weighted by Gasteiger charge is -2.15. The van der Waals surface area contributed by atoms with Crippen molar-refractivity contribution in [1.82, 2.24) is 0 Å². The topological polar surface area (TPSA) is 9.23 Å². The predicted molar refractivity (Wildman–Crippen MR) is 86.6 cm³/mol. The summed E-state index contributed by atoms with van der Waals surface area (Å²) >= 11 is 0. The van der Waals surface area contributed by atoms with E-state index in [1.165, 1.54) is 74.7 Å². The number of hydrogen-bond donors (Lipinski definition) is 0. The average molecular weight is 274 g/mol. The molecule has 0 aromatic heterocycles. The number of rotatable bonds is 9. The summed E-state index contributed by atoms with van der Waals surface area (Å²) in [7, 11) is 0. The summed E-state index contributed by atoms with van der Waals surface area (Å²) in [6.45, 7) is 6.81. The zero-order chi connectivity index (χ0) is 14.4. The Kier molecular flexibility index (Phi) is 5.94. The molecule has 1 aliphatic heterocycles. The Morgan fingerprint density at radius 2 is 1.60 bits per heavy atom. The second-order valence-electron chi connectivity index (χ2n) is 6.08. The predicted octanol–water partition coefficient (Wildman–Crippen LogP) is 6.08. The highest BCUT2D eigenvalue weighted by molar-refractivity contribution is 5.58. The Balaban J connectivity index is 2.14. The van der Waals surface area contributed by atoms with Crippen LogP contribution in [0.25, 0.3) is 0 Å². The van der Waals surface area contributed by atoms with Crippen molar-refractivity contribution in [3.05, 3.63) is 34.6 Å². The van der Waals surface area contributed by atoms with Crippen LogP contribution >= 0.6 is 0 Å². The van der Waals surface area contributed by atoms with Crippen molar-refractivity contribution in [3.63, 3.8) is 0 Å². The number of allylic oxidation sites excluding steroid dienone is 3. The van der Waals surface area contributed by atoms with Gasteiger partial charge in [-0.2, -0.15) is 0 Å². The maximum atomic E-state index is 6.24. The fourth-order valence-electron chi connectivity index (χ4n) is 3.20. The lowest BCUT2D eigenvalue weighted by atomic mass is 9.91. The van der Waals surface area contributed by atoms with Gasteiger partial charge in [-0.15, -0.1) is 0 Å². The first-order valence-electron chi connectivity index (χ1n) is 8.63. The van der Waals surface area contributed by atoms with Crippen molar-refractivity contribution in [3.8, 4) is 0 Å². The molecule has 0 amide bonds. The van der Waals surface area contributed by atoms with E-state index in [-0.39, 0.29) is 0 Å². The highest BCUT2D eigenvalue weighted by atomic mass is 16.5. The third-order valence-corrected chi connectivity index (χ3v) is 4.40. The molecule has 0 bridgehead atoms. The van der Waals surface area contributed by atoms with Gasteiger partial charge in [-0.25, -0.2) is 0 Å². The van der Waals surface area contributed by atoms with Gasteiger partial charge in [0.05, 0.1) is 0 Å². The van der Waals surface area contributed by atoms with Gasteiger partial charge in [0, 0.05) is 5.57 Å². The number of fused-ring (bicyclic) bond motifs is 1. The molecular formula is C19H30O. The molecule has 0 saturated heterocycles. The molecule has 0 fully saturated rings. The summed E-state index contributed by atoms with van der Waals surface area (Å²) < 4.78 is 6.24. The van der Waals surface area contributed by atoms with Crippen LogP contribution in [0, 0.1) is 0 Å². The van der Waals surface area contributed by atoms with Gasteiger partial charge in [-0.3, -0.25) is 0 Å². The Bertz CT molecular complexity index is 411. The zero-order valence-electron chi connectivity index (χ0n) is 13.5. The van der Waals surface area contributed by atoms with Crippen molar-refractivity contribution in [2.45, 2.75) is 84.7 Å². The second kappa shape index (κ2) is 7.71. The number of ether oxygens (including phenoxy) is 1. The number of hydrogen-bond acceptors (Lipinski definition) is 1. The lowest BCUT2D eigenvalue weighted by Crippen LogP contribution is -2.10. The summed E-state index contributed by atoms with van der Waals surface area (Å²) in [5.74, 6) is 1.17. The van der Waals surface area contributed by atoms with Gasteiger partial charge in [0.2, 0.25) is 0 Å². The van der Waals surface area contributed by atoms with Gasteiger partial charge in [0.25, 0.3) is 0 Å². The monoisotopic (exact) mass is 274 g/mol. The van der Waals surface area contributed by atoms with Crippen molar-refractivity contribution < 1.29 is 4.74 Å². The minimum Gasteiger partial charge on any atom is -0.485 e. The molecule has 20 heavy (non-hydrogen) atoms. The molecule has 0 N–H and O–H groups in total. The third kappa shape index (κ3) is 3.37. The van der Waals surface area contributed by atoms with E-state index in [9.17, 15) is 0 Å². The number of unbranched alkanes of at least 4 members (excludes halogenated alkanes) is 3. The average Bonchev–Trinajstić information content (AvgIpc) is 3.00. The van der Waals surface area contributed by atoms with Crippen molar-refractivity contribution >= 4 is 0 Å². The first kappa shape index (κ1) is 15.4. The standard InChI is InChI=1S/C19H30O/c1-4-7-10-15-13-14-18-19(15)16(11-8-5-2)17(20-18)12-9-6-3/h13-14,17H,4-12H2,1-3H3. The van der Waals surface area contributed by atoms with Gasteiger partial charge in [-0.1, -0.05) is 46.1 Å².